The van der Waals surface area contributed by atoms with E-state index >= 15 is 0 Å². The summed E-state index contributed by atoms with van der Waals surface area (Å²) in [6, 6.07) is 3.75. The molecule has 27 heavy (non-hydrogen) atoms. The Hall–Kier alpha value is -1.95. The lowest BCUT2D eigenvalue weighted by Gasteiger charge is -2.23. The van der Waals surface area contributed by atoms with Crippen molar-refractivity contribution >= 4 is 33.5 Å². The lowest BCUT2D eigenvalue weighted by Crippen LogP contribution is -2.34. The minimum absolute atomic E-state index is 0.160. The van der Waals surface area contributed by atoms with Crippen molar-refractivity contribution in [3.63, 3.8) is 0 Å². The topological polar surface area (TPSA) is 67.8 Å². The Morgan fingerprint density at radius 1 is 1.41 bits per heavy atom. The van der Waals surface area contributed by atoms with Crippen molar-refractivity contribution in [3.8, 4) is 5.75 Å². The molecule has 1 unspecified atom stereocenters. The maximum atomic E-state index is 12.7. The summed E-state index contributed by atoms with van der Waals surface area (Å²) in [7, 11) is 0. The predicted molar refractivity (Wildman–Crippen MR) is 107 cm³/mol. The van der Waals surface area contributed by atoms with Crippen molar-refractivity contribution in [2.24, 2.45) is 10.9 Å². The standard InChI is InChI=1S/C21H23BrN2O3/c1-11-7-12(2)24-20(26)15(11)10-23-19(25)13-8-14-16-5-4-6-21(16,3)27-18(14)17(22)9-13/h7-9,15-16H,4-6,10H2,1-3H3,(H,23,25)/t15?,16-,21-/m0/s1. The first-order valence-electron chi connectivity index (χ1n) is 9.36. The highest BCUT2D eigenvalue weighted by molar-refractivity contribution is 9.10. The Kier molecular flexibility index (Phi) is 4.49. The molecule has 1 aliphatic carbocycles. The number of carbonyl (C=O) groups excluding carboxylic acids is 2. The van der Waals surface area contributed by atoms with Crippen molar-refractivity contribution in [1.29, 1.82) is 0 Å². The molecule has 1 saturated carbocycles. The van der Waals surface area contributed by atoms with Gasteiger partial charge in [-0.25, -0.2) is 4.99 Å². The van der Waals surface area contributed by atoms with Crippen LogP contribution in [0.1, 0.15) is 61.9 Å². The molecule has 0 bridgehead atoms. The molecule has 1 aromatic rings. The Morgan fingerprint density at radius 2 is 2.19 bits per heavy atom. The van der Waals surface area contributed by atoms with Gasteiger partial charge in [0.25, 0.3) is 11.8 Å². The summed E-state index contributed by atoms with van der Waals surface area (Å²) >= 11 is 3.57. The molecule has 0 aromatic heterocycles. The van der Waals surface area contributed by atoms with Gasteiger partial charge in [-0.2, -0.15) is 0 Å². The molecule has 0 radical (unpaired) electrons. The van der Waals surface area contributed by atoms with Crippen molar-refractivity contribution in [2.75, 3.05) is 6.54 Å². The van der Waals surface area contributed by atoms with Crippen LogP contribution in [-0.2, 0) is 4.79 Å². The van der Waals surface area contributed by atoms with E-state index in [2.05, 4.69) is 33.2 Å². The number of carbonyl (C=O) groups is 2. The molecule has 6 heteroatoms. The molecule has 3 aliphatic rings. The number of rotatable bonds is 3. The lowest BCUT2D eigenvalue weighted by molar-refractivity contribution is -0.120. The number of halogens is 1. The first kappa shape index (κ1) is 18.4. The molecule has 5 nitrogen and oxygen atoms in total. The predicted octanol–water partition coefficient (Wildman–Crippen LogP) is 4.16. The van der Waals surface area contributed by atoms with Crippen LogP contribution >= 0.6 is 15.9 Å². The number of allylic oxidation sites excluding steroid dienone is 1. The third kappa shape index (κ3) is 3.14. The zero-order valence-electron chi connectivity index (χ0n) is 15.8. The van der Waals surface area contributed by atoms with Crippen LogP contribution < -0.4 is 10.1 Å². The monoisotopic (exact) mass is 430 g/mol. The number of fused-ring (bicyclic) bond motifs is 3. The van der Waals surface area contributed by atoms with E-state index in [1.807, 2.05) is 19.1 Å². The van der Waals surface area contributed by atoms with Crippen molar-refractivity contribution < 1.29 is 14.3 Å². The summed E-state index contributed by atoms with van der Waals surface area (Å²) in [5, 5.41) is 2.90. The first-order valence-corrected chi connectivity index (χ1v) is 10.2. The van der Waals surface area contributed by atoms with E-state index in [1.165, 1.54) is 0 Å². The van der Waals surface area contributed by atoms with Crippen LogP contribution in [0.2, 0.25) is 0 Å². The highest BCUT2D eigenvalue weighted by Gasteiger charge is 2.48. The molecule has 4 rings (SSSR count). The molecule has 1 N–H and O–H groups in total. The maximum absolute atomic E-state index is 12.7. The normalized spacial score (nSPS) is 28.8. The van der Waals surface area contributed by atoms with Crippen LogP contribution in [0, 0.1) is 5.92 Å². The second-order valence-corrected chi connectivity index (χ2v) is 8.83. The smallest absolute Gasteiger partial charge is 0.254 e. The molecule has 2 heterocycles. The Labute approximate surface area is 167 Å². The van der Waals surface area contributed by atoms with Crippen LogP contribution in [0.3, 0.4) is 0 Å². The van der Waals surface area contributed by atoms with E-state index in [-0.39, 0.29) is 24.0 Å². The number of nitrogens with one attached hydrogen (secondary N) is 1. The summed E-state index contributed by atoms with van der Waals surface area (Å²) in [6.07, 6.45) is 5.15. The van der Waals surface area contributed by atoms with E-state index in [4.69, 9.17) is 4.74 Å². The summed E-state index contributed by atoms with van der Waals surface area (Å²) in [4.78, 5) is 28.9. The minimum Gasteiger partial charge on any atom is -0.485 e. The number of ether oxygens (including phenoxy) is 1. The Balaban J connectivity index is 1.52. The summed E-state index contributed by atoms with van der Waals surface area (Å²) in [6.45, 7) is 6.11. The lowest BCUT2D eigenvalue weighted by atomic mass is 9.88. The van der Waals surface area contributed by atoms with Gasteiger partial charge in [-0.3, -0.25) is 9.59 Å². The molecule has 142 valence electrons. The van der Waals surface area contributed by atoms with Gasteiger partial charge >= 0.3 is 0 Å². The quantitative estimate of drug-likeness (QED) is 0.782. The zero-order valence-corrected chi connectivity index (χ0v) is 17.4. The Bertz CT molecular complexity index is 905. The van der Waals surface area contributed by atoms with E-state index in [0.29, 0.717) is 17.2 Å². The summed E-state index contributed by atoms with van der Waals surface area (Å²) in [5.41, 5.74) is 3.18. The first-order chi connectivity index (χ1) is 12.8. The number of aliphatic imine (C=N–C) groups is 1. The maximum Gasteiger partial charge on any atom is 0.254 e. The molecule has 3 atom stereocenters. The number of dihydropyridines is 1. The second-order valence-electron chi connectivity index (χ2n) is 7.98. The number of hydrogen-bond donors (Lipinski definition) is 1. The Morgan fingerprint density at radius 3 is 2.93 bits per heavy atom. The van der Waals surface area contributed by atoms with E-state index < -0.39 is 5.92 Å². The van der Waals surface area contributed by atoms with Gasteiger partial charge in [0.05, 0.1) is 10.4 Å². The van der Waals surface area contributed by atoms with Crippen molar-refractivity contribution in [2.45, 2.75) is 51.6 Å². The molecule has 2 aliphatic heterocycles. The zero-order chi connectivity index (χ0) is 19.3. The number of hydrogen-bond acceptors (Lipinski definition) is 3. The highest BCUT2D eigenvalue weighted by Crippen LogP contribution is 2.55. The highest BCUT2D eigenvalue weighted by atomic mass is 79.9. The molecule has 0 spiro atoms. The van der Waals surface area contributed by atoms with Gasteiger partial charge in [0, 0.05) is 29.3 Å². The van der Waals surface area contributed by atoms with Gasteiger partial charge in [0.1, 0.15) is 11.4 Å². The summed E-state index contributed by atoms with van der Waals surface area (Å²) < 4.78 is 7.04. The van der Waals surface area contributed by atoms with E-state index in [9.17, 15) is 9.59 Å². The van der Waals surface area contributed by atoms with Gasteiger partial charge in [-0.15, -0.1) is 0 Å². The average Bonchev–Trinajstić information content (AvgIpc) is 3.08. The molecule has 1 fully saturated rings. The average molecular weight is 431 g/mol. The third-order valence-electron chi connectivity index (χ3n) is 5.99. The SMILES string of the molecule is CC1=CC(C)=NC(=O)C1CNC(=O)c1cc(Br)c2c(c1)[C@@H]1CCC[C@]1(C)O2. The van der Waals surface area contributed by atoms with Crippen LogP contribution in [0.5, 0.6) is 5.75 Å². The van der Waals surface area contributed by atoms with Crippen molar-refractivity contribution in [1.82, 2.24) is 5.32 Å². The fraction of sp³-hybridized carbons (Fsp3) is 0.476. The largest absolute Gasteiger partial charge is 0.485 e. The molecule has 2 amide bonds. The number of nitrogens with zero attached hydrogens (tertiary/aromatic N) is 1. The fourth-order valence-corrected chi connectivity index (χ4v) is 5.10. The van der Waals surface area contributed by atoms with Crippen molar-refractivity contribution in [3.05, 3.63) is 39.4 Å². The van der Waals surface area contributed by atoms with Gasteiger partial charge < -0.3 is 10.1 Å². The van der Waals surface area contributed by atoms with Gasteiger partial charge in [0.2, 0.25) is 0 Å². The van der Waals surface area contributed by atoms with Gasteiger partial charge in [0.15, 0.2) is 0 Å². The minimum atomic E-state index is -0.392. The fourth-order valence-electron chi connectivity index (χ4n) is 4.54. The van der Waals surface area contributed by atoms with Gasteiger partial charge in [-0.1, -0.05) is 5.57 Å². The van der Waals surface area contributed by atoms with Crippen LogP contribution in [-0.4, -0.2) is 29.7 Å². The second kappa shape index (κ2) is 6.59. The van der Waals surface area contributed by atoms with Gasteiger partial charge in [-0.05, 0) is 74.2 Å². The molecular formula is C21H23BrN2O3. The molecule has 1 aromatic carbocycles. The van der Waals surface area contributed by atoms with Crippen LogP contribution in [0.4, 0.5) is 0 Å². The third-order valence-corrected chi connectivity index (χ3v) is 6.57. The van der Waals surface area contributed by atoms with Crippen LogP contribution in [0.15, 0.2) is 33.2 Å². The molecule has 0 saturated heterocycles. The number of amides is 2. The molecular weight excluding hydrogens is 408 g/mol. The number of benzene rings is 1. The van der Waals surface area contributed by atoms with E-state index in [0.717, 1.165) is 40.6 Å². The van der Waals surface area contributed by atoms with E-state index in [1.54, 1.807) is 13.0 Å². The summed E-state index contributed by atoms with van der Waals surface area (Å²) in [5.74, 6) is 0.427. The van der Waals surface area contributed by atoms with Crippen LogP contribution in [0.25, 0.3) is 0 Å².